The Bertz CT molecular complexity index is 491. The van der Waals surface area contributed by atoms with Crippen LogP contribution < -0.4 is 5.73 Å². The van der Waals surface area contributed by atoms with Gasteiger partial charge in [0.15, 0.2) is 0 Å². The van der Waals surface area contributed by atoms with Crippen LogP contribution in [-0.4, -0.2) is 16.3 Å². The summed E-state index contributed by atoms with van der Waals surface area (Å²) in [7, 11) is 0. The van der Waals surface area contributed by atoms with Crippen LogP contribution >= 0.6 is 0 Å². The van der Waals surface area contributed by atoms with E-state index in [0.717, 1.165) is 11.1 Å². The molecule has 0 spiro atoms. The number of para-hydroxylation sites is 1. The maximum absolute atomic E-state index is 13.8. The molecule has 16 heavy (non-hydrogen) atoms. The Labute approximate surface area is 93.7 Å². The van der Waals surface area contributed by atoms with Gasteiger partial charge in [-0.05, 0) is 37.1 Å². The molecule has 2 rings (SSSR count). The fourth-order valence-corrected chi connectivity index (χ4v) is 1.71. The van der Waals surface area contributed by atoms with Crippen molar-refractivity contribution in [1.29, 1.82) is 0 Å². The molecule has 0 aliphatic rings. The van der Waals surface area contributed by atoms with Gasteiger partial charge in [-0.15, -0.1) is 0 Å². The van der Waals surface area contributed by atoms with E-state index in [9.17, 15) is 4.39 Å². The maximum Gasteiger partial charge on any atom is 0.149 e. The number of hydrogen-bond acceptors (Lipinski definition) is 2. The second-order valence-corrected chi connectivity index (χ2v) is 3.75. The van der Waals surface area contributed by atoms with Crippen molar-refractivity contribution >= 4 is 0 Å². The quantitative estimate of drug-likeness (QED) is 0.855. The number of nitrogens with zero attached hydrogens (tertiary/aromatic N) is 2. The molecule has 3 nitrogen and oxygen atoms in total. The Morgan fingerprint density at radius 3 is 2.88 bits per heavy atom. The Kier molecular flexibility index (Phi) is 3.01. The van der Waals surface area contributed by atoms with E-state index >= 15 is 0 Å². The minimum Gasteiger partial charge on any atom is -0.330 e. The molecule has 0 aliphatic carbocycles. The van der Waals surface area contributed by atoms with E-state index in [1.165, 1.54) is 6.07 Å². The van der Waals surface area contributed by atoms with Crippen LogP contribution in [0.3, 0.4) is 0 Å². The van der Waals surface area contributed by atoms with Crippen LogP contribution in [-0.2, 0) is 6.42 Å². The van der Waals surface area contributed by atoms with Crippen molar-refractivity contribution in [3.63, 3.8) is 0 Å². The molecule has 4 heteroatoms. The highest BCUT2D eigenvalue weighted by molar-refractivity contribution is 5.42. The summed E-state index contributed by atoms with van der Waals surface area (Å²) in [5, 5.41) is 4.13. The van der Waals surface area contributed by atoms with Crippen LogP contribution in [0.4, 0.5) is 4.39 Å². The van der Waals surface area contributed by atoms with E-state index in [1.54, 1.807) is 23.1 Å². The molecule has 0 atom stereocenters. The molecule has 0 amide bonds. The molecule has 0 unspecified atom stereocenters. The van der Waals surface area contributed by atoms with Gasteiger partial charge < -0.3 is 5.73 Å². The fraction of sp³-hybridized carbons (Fsp3) is 0.250. The molecular formula is C12H14FN3. The number of nitrogens with two attached hydrogens (primary N) is 1. The topological polar surface area (TPSA) is 43.8 Å². The summed E-state index contributed by atoms with van der Waals surface area (Å²) in [6.45, 7) is 2.42. The number of benzene rings is 1. The van der Waals surface area contributed by atoms with Crippen LogP contribution in [0.15, 0.2) is 30.6 Å². The molecule has 0 bridgehead atoms. The third kappa shape index (κ3) is 1.97. The lowest BCUT2D eigenvalue weighted by molar-refractivity contribution is 0.607. The van der Waals surface area contributed by atoms with Crippen molar-refractivity contribution in [2.75, 3.05) is 6.54 Å². The molecule has 0 fully saturated rings. The number of rotatable bonds is 3. The second kappa shape index (κ2) is 4.45. The normalized spacial score (nSPS) is 10.7. The molecule has 84 valence electrons. The van der Waals surface area contributed by atoms with Gasteiger partial charge in [-0.1, -0.05) is 12.1 Å². The van der Waals surface area contributed by atoms with Gasteiger partial charge in [0.1, 0.15) is 11.5 Å². The Morgan fingerprint density at radius 1 is 1.44 bits per heavy atom. The minimum absolute atomic E-state index is 0.269. The Hall–Kier alpha value is -1.68. The lowest BCUT2D eigenvalue weighted by atomic mass is 10.1. The number of halogens is 1. The zero-order valence-electron chi connectivity index (χ0n) is 9.15. The number of aryl methyl sites for hydroxylation is 1. The van der Waals surface area contributed by atoms with E-state index in [1.807, 2.05) is 13.0 Å². The van der Waals surface area contributed by atoms with Crippen LogP contribution in [0, 0.1) is 12.7 Å². The summed E-state index contributed by atoms with van der Waals surface area (Å²) >= 11 is 0. The van der Waals surface area contributed by atoms with Crippen LogP contribution in [0.5, 0.6) is 0 Å². The van der Waals surface area contributed by atoms with Gasteiger partial charge in [0.25, 0.3) is 0 Å². The molecule has 0 radical (unpaired) electrons. The van der Waals surface area contributed by atoms with Crippen molar-refractivity contribution in [3.05, 3.63) is 47.5 Å². The van der Waals surface area contributed by atoms with Crippen molar-refractivity contribution < 1.29 is 4.39 Å². The molecule has 0 saturated heterocycles. The van der Waals surface area contributed by atoms with Gasteiger partial charge in [0, 0.05) is 6.20 Å². The molecule has 0 aliphatic heterocycles. The first kappa shape index (κ1) is 10.8. The zero-order valence-corrected chi connectivity index (χ0v) is 9.15. The average Bonchev–Trinajstić information content (AvgIpc) is 2.65. The average molecular weight is 219 g/mol. The smallest absolute Gasteiger partial charge is 0.149 e. The Morgan fingerprint density at radius 2 is 2.25 bits per heavy atom. The standard InChI is InChI=1S/C12H14FN3/c1-9-7-15-16(8-9)12-10(5-6-14)3-2-4-11(12)13/h2-4,7-8H,5-6,14H2,1H3. The summed E-state index contributed by atoms with van der Waals surface area (Å²) in [4.78, 5) is 0. The number of hydrogen-bond donors (Lipinski definition) is 1. The molecule has 0 saturated carbocycles. The van der Waals surface area contributed by atoms with Gasteiger partial charge in [-0.3, -0.25) is 0 Å². The van der Waals surface area contributed by atoms with Gasteiger partial charge >= 0.3 is 0 Å². The molecule has 1 aromatic heterocycles. The van der Waals surface area contributed by atoms with Crippen LogP contribution in [0.25, 0.3) is 5.69 Å². The first-order chi connectivity index (χ1) is 7.72. The predicted octanol–water partition coefficient (Wildman–Crippen LogP) is 1.82. The summed E-state index contributed by atoms with van der Waals surface area (Å²) < 4.78 is 15.3. The summed E-state index contributed by atoms with van der Waals surface area (Å²) in [6, 6.07) is 5.01. The molecule has 1 heterocycles. The highest BCUT2D eigenvalue weighted by atomic mass is 19.1. The van der Waals surface area contributed by atoms with Crippen LogP contribution in [0.2, 0.25) is 0 Å². The summed E-state index contributed by atoms with van der Waals surface area (Å²) in [5.41, 5.74) is 7.89. The first-order valence-corrected chi connectivity index (χ1v) is 5.21. The van der Waals surface area contributed by atoms with Gasteiger partial charge in [0.2, 0.25) is 0 Å². The third-order valence-electron chi connectivity index (χ3n) is 2.42. The van der Waals surface area contributed by atoms with Crippen molar-refractivity contribution in [2.24, 2.45) is 5.73 Å². The van der Waals surface area contributed by atoms with Crippen molar-refractivity contribution in [2.45, 2.75) is 13.3 Å². The predicted molar refractivity (Wildman–Crippen MR) is 61.0 cm³/mol. The van der Waals surface area contributed by atoms with E-state index < -0.39 is 0 Å². The van der Waals surface area contributed by atoms with E-state index in [2.05, 4.69) is 5.10 Å². The summed E-state index contributed by atoms with van der Waals surface area (Å²) in [5.74, 6) is -0.269. The highest BCUT2D eigenvalue weighted by Crippen LogP contribution is 2.18. The van der Waals surface area contributed by atoms with Crippen molar-refractivity contribution in [1.82, 2.24) is 9.78 Å². The number of aromatic nitrogens is 2. The van der Waals surface area contributed by atoms with Crippen molar-refractivity contribution in [3.8, 4) is 5.69 Å². The van der Waals surface area contributed by atoms with Crippen LogP contribution in [0.1, 0.15) is 11.1 Å². The third-order valence-corrected chi connectivity index (χ3v) is 2.42. The first-order valence-electron chi connectivity index (χ1n) is 5.21. The molecule has 1 aromatic carbocycles. The molecule has 2 aromatic rings. The molecular weight excluding hydrogens is 205 g/mol. The monoisotopic (exact) mass is 219 g/mol. The summed E-state index contributed by atoms with van der Waals surface area (Å²) in [6.07, 6.45) is 4.16. The zero-order chi connectivity index (χ0) is 11.5. The SMILES string of the molecule is Cc1cnn(-c2c(F)cccc2CCN)c1. The van der Waals surface area contributed by atoms with E-state index in [0.29, 0.717) is 18.7 Å². The van der Waals surface area contributed by atoms with Gasteiger partial charge in [0.05, 0.1) is 6.20 Å². The van der Waals surface area contributed by atoms with Gasteiger partial charge in [-0.2, -0.15) is 5.10 Å². The molecule has 2 N–H and O–H groups in total. The van der Waals surface area contributed by atoms with Gasteiger partial charge in [-0.25, -0.2) is 9.07 Å². The van der Waals surface area contributed by atoms with E-state index in [4.69, 9.17) is 5.73 Å². The Balaban J connectivity index is 2.53. The maximum atomic E-state index is 13.8. The van der Waals surface area contributed by atoms with E-state index in [-0.39, 0.29) is 5.82 Å². The second-order valence-electron chi connectivity index (χ2n) is 3.75. The fourth-order valence-electron chi connectivity index (χ4n) is 1.71. The minimum atomic E-state index is -0.269. The largest absolute Gasteiger partial charge is 0.330 e. The lowest BCUT2D eigenvalue weighted by Crippen LogP contribution is -2.08. The highest BCUT2D eigenvalue weighted by Gasteiger charge is 2.10. The lowest BCUT2D eigenvalue weighted by Gasteiger charge is -2.09.